The van der Waals surface area contributed by atoms with Crippen LogP contribution in [0.25, 0.3) is 0 Å². The van der Waals surface area contributed by atoms with Crippen molar-refractivity contribution >= 4 is 17.5 Å². The van der Waals surface area contributed by atoms with Crippen LogP contribution in [0.2, 0.25) is 5.02 Å². The van der Waals surface area contributed by atoms with Gasteiger partial charge in [-0.3, -0.25) is 4.79 Å². The lowest BCUT2D eigenvalue weighted by Crippen LogP contribution is -2.37. The number of hydrogen-bond donors (Lipinski definition) is 1. The van der Waals surface area contributed by atoms with Gasteiger partial charge in [0.05, 0.1) is 7.11 Å². The van der Waals surface area contributed by atoms with Gasteiger partial charge in [-0.1, -0.05) is 42.8 Å². The molecule has 0 aliphatic carbocycles. The van der Waals surface area contributed by atoms with Gasteiger partial charge in [-0.2, -0.15) is 0 Å². The molecule has 1 N–H and O–H groups in total. The molecule has 0 fully saturated rings. The second-order valence-electron chi connectivity index (χ2n) is 5.00. The average Bonchev–Trinajstić information content (AvgIpc) is 2.57. The Labute approximate surface area is 141 Å². The van der Waals surface area contributed by atoms with Crippen LogP contribution in [0.15, 0.2) is 48.5 Å². The first-order valence-corrected chi connectivity index (χ1v) is 7.83. The number of ether oxygens (including phenoxy) is 2. The zero-order chi connectivity index (χ0) is 16.7. The summed E-state index contributed by atoms with van der Waals surface area (Å²) in [6.45, 7) is 2.29. The Morgan fingerprint density at radius 2 is 2.00 bits per heavy atom. The monoisotopic (exact) mass is 333 g/mol. The molecule has 0 unspecified atom stereocenters. The van der Waals surface area contributed by atoms with Crippen LogP contribution in [0, 0.1) is 0 Å². The number of amides is 1. The maximum absolute atomic E-state index is 12.3. The molecule has 0 aromatic heterocycles. The summed E-state index contributed by atoms with van der Waals surface area (Å²) >= 11 is 5.93. The Bertz CT molecular complexity index is 660. The third-order valence-electron chi connectivity index (χ3n) is 3.38. The summed E-state index contributed by atoms with van der Waals surface area (Å²) in [4.78, 5) is 12.3. The highest BCUT2D eigenvalue weighted by Crippen LogP contribution is 2.20. The van der Waals surface area contributed by atoms with Crippen LogP contribution in [0.4, 0.5) is 0 Å². The van der Waals surface area contributed by atoms with Crippen LogP contribution in [0.1, 0.15) is 18.9 Å². The van der Waals surface area contributed by atoms with Crippen molar-refractivity contribution in [3.63, 3.8) is 0 Å². The predicted octanol–water partition coefficient (Wildman–Crippen LogP) is 3.82. The molecule has 23 heavy (non-hydrogen) atoms. The van der Waals surface area contributed by atoms with E-state index in [0.717, 1.165) is 11.3 Å². The molecule has 0 bridgehead atoms. The van der Waals surface area contributed by atoms with E-state index in [4.69, 9.17) is 21.1 Å². The van der Waals surface area contributed by atoms with E-state index in [1.54, 1.807) is 31.4 Å². The average molecular weight is 334 g/mol. The quantitative estimate of drug-likeness (QED) is 0.837. The second kappa shape index (κ2) is 8.44. The van der Waals surface area contributed by atoms with Crippen LogP contribution in [-0.2, 0) is 11.3 Å². The molecule has 2 rings (SSSR count). The number of carbonyl (C=O) groups excluding carboxylic acids is 1. The molecule has 0 aliphatic heterocycles. The Kier molecular flexibility index (Phi) is 6.29. The minimum absolute atomic E-state index is 0.168. The molecule has 0 saturated heterocycles. The Hall–Kier alpha value is -2.20. The standard InChI is InChI=1S/C18H20ClNO3/c1-3-16(23-15-9-6-8-14(19)11-15)18(21)20-12-13-7-4-5-10-17(13)22-2/h4-11,16H,3,12H2,1-2H3,(H,20,21)/t16-/m1/s1. The van der Waals surface area contributed by atoms with Crippen LogP contribution in [0.5, 0.6) is 11.5 Å². The second-order valence-corrected chi connectivity index (χ2v) is 5.44. The van der Waals surface area contributed by atoms with Crippen molar-refractivity contribution < 1.29 is 14.3 Å². The van der Waals surface area contributed by atoms with Gasteiger partial charge in [0.15, 0.2) is 6.10 Å². The number of rotatable bonds is 7. The van der Waals surface area contributed by atoms with Gasteiger partial charge in [0.1, 0.15) is 11.5 Å². The van der Waals surface area contributed by atoms with Crippen molar-refractivity contribution in [2.24, 2.45) is 0 Å². The number of carbonyl (C=O) groups is 1. The molecular weight excluding hydrogens is 314 g/mol. The number of para-hydroxylation sites is 1. The summed E-state index contributed by atoms with van der Waals surface area (Å²) < 4.78 is 11.0. The smallest absolute Gasteiger partial charge is 0.261 e. The lowest BCUT2D eigenvalue weighted by atomic mass is 10.2. The first-order chi connectivity index (χ1) is 11.1. The summed E-state index contributed by atoms with van der Waals surface area (Å²) in [5.74, 6) is 1.16. The summed E-state index contributed by atoms with van der Waals surface area (Å²) in [7, 11) is 1.61. The molecular formula is C18H20ClNO3. The molecule has 5 heteroatoms. The van der Waals surface area contributed by atoms with Crippen molar-refractivity contribution in [1.82, 2.24) is 5.32 Å². The number of benzene rings is 2. The largest absolute Gasteiger partial charge is 0.496 e. The number of nitrogens with one attached hydrogen (secondary N) is 1. The van der Waals surface area contributed by atoms with Crippen LogP contribution in [-0.4, -0.2) is 19.1 Å². The first-order valence-electron chi connectivity index (χ1n) is 7.46. The molecule has 0 spiro atoms. The van der Waals surface area contributed by atoms with Gasteiger partial charge in [-0.25, -0.2) is 0 Å². The van der Waals surface area contributed by atoms with Gasteiger partial charge in [0.2, 0.25) is 0 Å². The van der Waals surface area contributed by atoms with E-state index in [2.05, 4.69) is 5.32 Å². The molecule has 2 aromatic carbocycles. The minimum atomic E-state index is -0.567. The van der Waals surface area contributed by atoms with Gasteiger partial charge in [0, 0.05) is 17.1 Å². The van der Waals surface area contributed by atoms with Gasteiger partial charge < -0.3 is 14.8 Å². The number of halogens is 1. The molecule has 0 aliphatic rings. The van der Waals surface area contributed by atoms with Gasteiger partial charge >= 0.3 is 0 Å². The predicted molar refractivity (Wildman–Crippen MR) is 91.0 cm³/mol. The molecule has 4 nitrogen and oxygen atoms in total. The third-order valence-corrected chi connectivity index (χ3v) is 3.62. The van der Waals surface area contributed by atoms with Crippen LogP contribution in [0.3, 0.4) is 0 Å². The van der Waals surface area contributed by atoms with Crippen LogP contribution < -0.4 is 14.8 Å². The minimum Gasteiger partial charge on any atom is -0.496 e. The number of hydrogen-bond acceptors (Lipinski definition) is 3. The summed E-state index contributed by atoms with van der Waals surface area (Å²) in [5, 5.41) is 3.46. The summed E-state index contributed by atoms with van der Waals surface area (Å²) in [5.41, 5.74) is 0.918. The topological polar surface area (TPSA) is 47.6 Å². The van der Waals surface area contributed by atoms with Crippen molar-refractivity contribution in [3.05, 3.63) is 59.1 Å². The van der Waals surface area contributed by atoms with E-state index in [9.17, 15) is 4.79 Å². The zero-order valence-electron chi connectivity index (χ0n) is 13.2. The lowest BCUT2D eigenvalue weighted by molar-refractivity contribution is -0.128. The van der Waals surface area contributed by atoms with E-state index in [1.807, 2.05) is 31.2 Å². The van der Waals surface area contributed by atoms with E-state index in [1.165, 1.54) is 0 Å². The highest BCUT2D eigenvalue weighted by molar-refractivity contribution is 6.30. The lowest BCUT2D eigenvalue weighted by Gasteiger charge is -2.18. The maximum atomic E-state index is 12.3. The highest BCUT2D eigenvalue weighted by Gasteiger charge is 2.18. The summed E-state index contributed by atoms with van der Waals surface area (Å²) in [6.07, 6.45) is -0.00671. The number of methoxy groups -OCH3 is 1. The van der Waals surface area contributed by atoms with E-state index < -0.39 is 6.10 Å². The van der Waals surface area contributed by atoms with Crippen molar-refractivity contribution in [3.8, 4) is 11.5 Å². The Morgan fingerprint density at radius 3 is 2.70 bits per heavy atom. The van der Waals surface area contributed by atoms with Crippen LogP contribution >= 0.6 is 11.6 Å². The third kappa shape index (κ3) is 4.89. The van der Waals surface area contributed by atoms with E-state index in [-0.39, 0.29) is 5.91 Å². The summed E-state index contributed by atoms with van der Waals surface area (Å²) in [6, 6.07) is 14.6. The Balaban J connectivity index is 1.97. The molecule has 0 heterocycles. The first kappa shape index (κ1) is 17.2. The maximum Gasteiger partial charge on any atom is 0.261 e. The highest BCUT2D eigenvalue weighted by atomic mass is 35.5. The van der Waals surface area contributed by atoms with Crippen molar-refractivity contribution in [1.29, 1.82) is 0 Å². The van der Waals surface area contributed by atoms with E-state index in [0.29, 0.717) is 23.7 Å². The molecule has 2 aromatic rings. The fourth-order valence-electron chi connectivity index (χ4n) is 2.17. The van der Waals surface area contributed by atoms with Crippen molar-refractivity contribution in [2.45, 2.75) is 26.0 Å². The van der Waals surface area contributed by atoms with Crippen molar-refractivity contribution in [2.75, 3.05) is 7.11 Å². The fraction of sp³-hybridized carbons (Fsp3) is 0.278. The van der Waals surface area contributed by atoms with Gasteiger partial charge in [0.25, 0.3) is 5.91 Å². The fourth-order valence-corrected chi connectivity index (χ4v) is 2.35. The van der Waals surface area contributed by atoms with Gasteiger partial charge in [-0.05, 0) is 30.7 Å². The zero-order valence-corrected chi connectivity index (χ0v) is 14.0. The molecule has 0 radical (unpaired) electrons. The normalized spacial score (nSPS) is 11.6. The molecule has 0 saturated carbocycles. The van der Waals surface area contributed by atoms with Gasteiger partial charge in [-0.15, -0.1) is 0 Å². The molecule has 1 amide bonds. The Morgan fingerprint density at radius 1 is 1.22 bits per heavy atom. The molecule has 1 atom stereocenters. The SMILES string of the molecule is CC[C@@H](Oc1cccc(Cl)c1)C(=O)NCc1ccccc1OC. The molecule has 122 valence electrons. The van der Waals surface area contributed by atoms with E-state index >= 15 is 0 Å².